The third-order valence-corrected chi connectivity index (χ3v) is 3.93. The molecule has 0 aliphatic rings. The van der Waals surface area contributed by atoms with Crippen molar-refractivity contribution in [3.63, 3.8) is 0 Å². The summed E-state index contributed by atoms with van der Waals surface area (Å²) in [5.41, 5.74) is 2.21. The second-order valence-electron chi connectivity index (χ2n) is 6.64. The van der Waals surface area contributed by atoms with Crippen LogP contribution in [0.2, 0.25) is 0 Å². The molecule has 150 valence electrons. The number of carbonyl (C=O) groups excluding carboxylic acids is 1. The highest BCUT2D eigenvalue weighted by molar-refractivity contribution is 5.90. The summed E-state index contributed by atoms with van der Waals surface area (Å²) >= 11 is 0. The van der Waals surface area contributed by atoms with Crippen molar-refractivity contribution in [1.29, 1.82) is 0 Å². The monoisotopic (exact) mass is 383 g/mol. The number of nitrogens with zero attached hydrogens (tertiary/aromatic N) is 2. The number of nitrogens with one attached hydrogen (secondary N) is 3. The molecule has 2 aromatic rings. The molecule has 0 saturated heterocycles. The zero-order valence-electron chi connectivity index (χ0n) is 17.0. The number of aromatic nitrogens is 1. The number of benzene rings is 1. The molecule has 0 bridgehead atoms. The summed E-state index contributed by atoms with van der Waals surface area (Å²) in [5.74, 6) is 1.93. The summed E-state index contributed by atoms with van der Waals surface area (Å²) in [7, 11) is 1.69. The molecular weight excluding hydrogens is 354 g/mol. The average molecular weight is 383 g/mol. The second kappa shape index (κ2) is 10.9. The number of aliphatic imine (C=N–C) groups is 1. The van der Waals surface area contributed by atoms with Crippen LogP contribution in [0.1, 0.15) is 24.5 Å². The molecule has 0 fully saturated rings. The number of pyridine rings is 1. The Morgan fingerprint density at radius 3 is 2.68 bits per heavy atom. The van der Waals surface area contributed by atoms with E-state index in [0.717, 1.165) is 16.9 Å². The van der Waals surface area contributed by atoms with Gasteiger partial charge in [0, 0.05) is 26.2 Å². The van der Waals surface area contributed by atoms with Crippen LogP contribution in [0, 0.1) is 13.8 Å². The van der Waals surface area contributed by atoms with E-state index in [-0.39, 0.29) is 12.0 Å². The van der Waals surface area contributed by atoms with Crippen LogP contribution in [0.5, 0.6) is 5.75 Å². The molecular formula is C21H29N5O2. The first-order valence-corrected chi connectivity index (χ1v) is 9.36. The average Bonchev–Trinajstić information content (AvgIpc) is 2.66. The third-order valence-electron chi connectivity index (χ3n) is 3.93. The zero-order valence-corrected chi connectivity index (χ0v) is 17.0. The van der Waals surface area contributed by atoms with Crippen LogP contribution < -0.4 is 20.7 Å². The van der Waals surface area contributed by atoms with E-state index in [0.29, 0.717) is 31.3 Å². The van der Waals surface area contributed by atoms with E-state index in [9.17, 15) is 4.79 Å². The van der Waals surface area contributed by atoms with Gasteiger partial charge in [-0.05, 0) is 50.1 Å². The smallest absolute Gasteiger partial charge is 0.227 e. The molecule has 1 unspecified atom stereocenters. The normalized spacial score (nSPS) is 12.2. The number of anilines is 1. The Morgan fingerprint density at radius 1 is 1.18 bits per heavy atom. The molecule has 7 nitrogen and oxygen atoms in total. The van der Waals surface area contributed by atoms with Crippen molar-refractivity contribution in [2.45, 2.75) is 33.3 Å². The van der Waals surface area contributed by atoms with Crippen LogP contribution in [0.4, 0.5) is 5.82 Å². The van der Waals surface area contributed by atoms with Crippen molar-refractivity contribution in [3.8, 4) is 5.75 Å². The summed E-state index contributed by atoms with van der Waals surface area (Å²) in [5, 5.41) is 9.10. The maximum absolute atomic E-state index is 12.0. The molecule has 0 radical (unpaired) electrons. The van der Waals surface area contributed by atoms with Gasteiger partial charge in [0.2, 0.25) is 5.91 Å². The summed E-state index contributed by atoms with van der Waals surface area (Å²) in [6.07, 6.45) is 2.00. The number of hydrogen-bond donors (Lipinski definition) is 3. The van der Waals surface area contributed by atoms with Crippen molar-refractivity contribution in [2.24, 2.45) is 4.99 Å². The molecule has 28 heavy (non-hydrogen) atoms. The van der Waals surface area contributed by atoms with Crippen molar-refractivity contribution < 1.29 is 9.53 Å². The Bertz CT molecular complexity index is 790. The molecule has 0 aliphatic heterocycles. The fourth-order valence-corrected chi connectivity index (χ4v) is 2.47. The van der Waals surface area contributed by atoms with Gasteiger partial charge in [-0.15, -0.1) is 0 Å². The molecule has 1 amide bonds. The van der Waals surface area contributed by atoms with Gasteiger partial charge >= 0.3 is 0 Å². The molecule has 1 heterocycles. The molecule has 2 rings (SSSR count). The van der Waals surface area contributed by atoms with E-state index in [4.69, 9.17) is 4.74 Å². The van der Waals surface area contributed by atoms with Gasteiger partial charge in [0.05, 0.1) is 6.54 Å². The van der Waals surface area contributed by atoms with Crippen molar-refractivity contribution in [3.05, 3.63) is 53.7 Å². The van der Waals surface area contributed by atoms with Gasteiger partial charge in [-0.2, -0.15) is 0 Å². The molecule has 0 saturated carbocycles. The highest BCUT2D eigenvalue weighted by Gasteiger charge is 2.07. The SMILES string of the molecule is CN=C(NCCC(=O)Nc1ccc(C)cn1)NCC(C)Oc1cccc(C)c1. The van der Waals surface area contributed by atoms with E-state index in [1.54, 1.807) is 19.3 Å². The van der Waals surface area contributed by atoms with Crippen LogP contribution in [0.25, 0.3) is 0 Å². The molecule has 1 aromatic carbocycles. The minimum atomic E-state index is -0.101. The Hall–Kier alpha value is -3.09. The topological polar surface area (TPSA) is 87.6 Å². The molecule has 0 spiro atoms. The summed E-state index contributed by atoms with van der Waals surface area (Å²) in [4.78, 5) is 20.3. The lowest BCUT2D eigenvalue weighted by Crippen LogP contribution is -2.42. The Morgan fingerprint density at radius 2 is 2.00 bits per heavy atom. The lowest BCUT2D eigenvalue weighted by molar-refractivity contribution is -0.116. The largest absolute Gasteiger partial charge is 0.489 e. The van der Waals surface area contributed by atoms with E-state index in [1.807, 2.05) is 51.1 Å². The minimum Gasteiger partial charge on any atom is -0.489 e. The third kappa shape index (κ3) is 7.65. The van der Waals surface area contributed by atoms with E-state index in [2.05, 4.69) is 25.9 Å². The number of aryl methyl sites for hydroxylation is 2. The van der Waals surface area contributed by atoms with Gasteiger partial charge in [0.25, 0.3) is 0 Å². The van der Waals surface area contributed by atoms with Crippen LogP contribution in [0.3, 0.4) is 0 Å². The fourth-order valence-electron chi connectivity index (χ4n) is 2.47. The summed E-state index contributed by atoms with van der Waals surface area (Å²) < 4.78 is 5.89. The predicted octanol–water partition coefficient (Wildman–Crippen LogP) is 2.66. The quantitative estimate of drug-likeness (QED) is 0.482. The molecule has 3 N–H and O–H groups in total. The van der Waals surface area contributed by atoms with Gasteiger partial charge in [0.15, 0.2) is 5.96 Å². The van der Waals surface area contributed by atoms with E-state index < -0.39 is 0 Å². The fraction of sp³-hybridized carbons (Fsp3) is 0.381. The predicted molar refractivity (Wildman–Crippen MR) is 113 cm³/mol. The van der Waals surface area contributed by atoms with Gasteiger partial charge in [-0.1, -0.05) is 18.2 Å². The first kappa shape index (κ1) is 21.2. The maximum atomic E-state index is 12.0. The molecule has 7 heteroatoms. The number of guanidine groups is 1. The van der Waals surface area contributed by atoms with E-state index >= 15 is 0 Å². The van der Waals surface area contributed by atoms with E-state index in [1.165, 1.54) is 0 Å². The minimum absolute atomic E-state index is 0.0312. The van der Waals surface area contributed by atoms with Gasteiger partial charge in [0.1, 0.15) is 17.7 Å². The van der Waals surface area contributed by atoms with Crippen LogP contribution >= 0.6 is 0 Å². The van der Waals surface area contributed by atoms with Crippen molar-refractivity contribution in [2.75, 3.05) is 25.5 Å². The number of rotatable bonds is 8. The number of ether oxygens (including phenoxy) is 1. The van der Waals surface area contributed by atoms with Gasteiger partial charge in [-0.25, -0.2) is 4.98 Å². The van der Waals surface area contributed by atoms with Gasteiger partial charge in [-0.3, -0.25) is 9.79 Å². The van der Waals surface area contributed by atoms with Gasteiger partial charge < -0.3 is 20.7 Å². The maximum Gasteiger partial charge on any atom is 0.227 e. The van der Waals surface area contributed by atoms with Crippen LogP contribution in [-0.2, 0) is 4.79 Å². The van der Waals surface area contributed by atoms with Crippen LogP contribution in [0.15, 0.2) is 47.6 Å². The molecule has 1 aromatic heterocycles. The molecule has 0 aliphatic carbocycles. The second-order valence-corrected chi connectivity index (χ2v) is 6.64. The lowest BCUT2D eigenvalue weighted by Gasteiger charge is -2.18. The lowest BCUT2D eigenvalue weighted by atomic mass is 10.2. The Balaban J connectivity index is 1.67. The Labute approximate surface area is 166 Å². The van der Waals surface area contributed by atoms with Crippen LogP contribution in [-0.4, -0.2) is 43.1 Å². The highest BCUT2D eigenvalue weighted by Crippen LogP contribution is 2.13. The summed E-state index contributed by atoms with van der Waals surface area (Å²) in [6, 6.07) is 11.7. The first-order chi connectivity index (χ1) is 13.5. The highest BCUT2D eigenvalue weighted by atomic mass is 16.5. The first-order valence-electron chi connectivity index (χ1n) is 9.36. The summed E-state index contributed by atoms with van der Waals surface area (Å²) in [6.45, 7) is 7.03. The molecule has 1 atom stereocenters. The zero-order chi connectivity index (χ0) is 20.4. The Kier molecular flexibility index (Phi) is 8.27. The number of amides is 1. The number of carbonyl (C=O) groups is 1. The number of hydrogen-bond acceptors (Lipinski definition) is 4. The van der Waals surface area contributed by atoms with Crippen molar-refractivity contribution in [1.82, 2.24) is 15.6 Å². The van der Waals surface area contributed by atoms with Crippen molar-refractivity contribution >= 4 is 17.7 Å². The standard InChI is InChI=1S/C21H29N5O2/c1-15-6-5-7-18(12-15)28-17(3)14-25-21(22-4)23-11-10-20(27)26-19-9-8-16(2)13-24-19/h5-9,12-13,17H,10-11,14H2,1-4H3,(H2,22,23,25)(H,24,26,27).